The molecular weight excluding hydrogens is 234 g/mol. The summed E-state index contributed by atoms with van der Waals surface area (Å²) in [6.45, 7) is 3.30. The number of nitrogens with zero attached hydrogens (tertiary/aromatic N) is 1. The Balaban J connectivity index is 3.10. The van der Waals surface area contributed by atoms with Crippen LogP contribution in [0.5, 0.6) is 0 Å². The summed E-state index contributed by atoms with van der Waals surface area (Å²) in [6.07, 6.45) is 0. The third-order valence-corrected chi connectivity index (χ3v) is 4.55. The van der Waals surface area contributed by atoms with Gasteiger partial charge in [0.15, 0.2) is 0 Å². The van der Waals surface area contributed by atoms with Crippen molar-refractivity contribution in [2.45, 2.75) is 19.1 Å². The number of anilines is 1. The van der Waals surface area contributed by atoms with Crippen molar-refractivity contribution in [3.05, 3.63) is 29.3 Å². The number of rotatable bonds is 3. The Hall–Kier alpha value is -0.740. The van der Waals surface area contributed by atoms with E-state index in [-0.39, 0.29) is 0 Å². The fourth-order valence-corrected chi connectivity index (χ4v) is 2.36. The van der Waals surface area contributed by atoms with Crippen molar-refractivity contribution in [2.24, 2.45) is 0 Å². The molecule has 0 radical (unpaired) electrons. The van der Waals surface area contributed by atoms with Gasteiger partial charge in [-0.1, -0.05) is 17.7 Å². The maximum Gasteiger partial charge on any atom is 0.237 e. The van der Waals surface area contributed by atoms with E-state index in [1.165, 1.54) is 11.4 Å². The highest BCUT2D eigenvalue weighted by atomic mass is 35.5. The molecule has 0 heterocycles. The van der Waals surface area contributed by atoms with Gasteiger partial charge in [-0.05, 0) is 32.0 Å². The van der Waals surface area contributed by atoms with E-state index in [9.17, 15) is 8.42 Å². The molecule has 0 atom stereocenters. The van der Waals surface area contributed by atoms with Gasteiger partial charge in [0, 0.05) is 12.1 Å². The average molecular weight is 248 g/mol. The molecule has 0 spiro atoms. The second-order valence-electron chi connectivity index (χ2n) is 3.54. The topological polar surface area (TPSA) is 37.4 Å². The largest absolute Gasteiger partial charge is 0.273 e. The van der Waals surface area contributed by atoms with Gasteiger partial charge in [-0.25, -0.2) is 8.42 Å². The molecule has 1 rings (SSSR count). The zero-order chi connectivity index (χ0) is 11.6. The molecule has 5 heteroatoms. The van der Waals surface area contributed by atoms with Crippen LogP contribution in [0.2, 0.25) is 5.02 Å². The highest BCUT2D eigenvalue weighted by Gasteiger charge is 2.22. The van der Waals surface area contributed by atoms with Gasteiger partial charge in [-0.3, -0.25) is 4.31 Å². The van der Waals surface area contributed by atoms with Crippen LogP contribution in [0.1, 0.15) is 13.8 Å². The molecule has 0 aliphatic heterocycles. The second kappa shape index (κ2) is 4.41. The van der Waals surface area contributed by atoms with Crippen LogP contribution in [0.3, 0.4) is 0 Å². The van der Waals surface area contributed by atoms with E-state index in [1.54, 1.807) is 38.1 Å². The number of sulfonamides is 1. The molecule has 0 aliphatic rings. The molecular formula is C10H14ClNO2S. The number of hydrogen-bond donors (Lipinski definition) is 0. The zero-order valence-electron chi connectivity index (χ0n) is 8.94. The Kier molecular flexibility index (Phi) is 3.62. The number of benzene rings is 1. The Morgan fingerprint density at radius 3 is 2.40 bits per heavy atom. The van der Waals surface area contributed by atoms with Gasteiger partial charge in [-0.2, -0.15) is 0 Å². The van der Waals surface area contributed by atoms with E-state index in [2.05, 4.69) is 0 Å². The minimum absolute atomic E-state index is 0.443. The van der Waals surface area contributed by atoms with E-state index < -0.39 is 15.3 Å². The SMILES string of the molecule is CC(C)S(=O)(=O)N(C)c1cccc(Cl)c1. The van der Waals surface area contributed by atoms with Crippen LogP contribution >= 0.6 is 11.6 Å². The summed E-state index contributed by atoms with van der Waals surface area (Å²) in [6, 6.07) is 6.78. The van der Waals surface area contributed by atoms with E-state index in [0.717, 1.165) is 0 Å². The lowest BCUT2D eigenvalue weighted by Gasteiger charge is -2.21. The fourth-order valence-electron chi connectivity index (χ4n) is 1.14. The Labute approximate surface area is 95.7 Å². The maximum absolute atomic E-state index is 11.8. The molecule has 0 bridgehead atoms. The third-order valence-electron chi connectivity index (χ3n) is 2.15. The summed E-state index contributed by atoms with van der Waals surface area (Å²) >= 11 is 5.80. The molecule has 0 unspecified atom stereocenters. The lowest BCUT2D eigenvalue weighted by atomic mass is 10.3. The quantitative estimate of drug-likeness (QED) is 0.823. The van der Waals surface area contributed by atoms with E-state index >= 15 is 0 Å². The van der Waals surface area contributed by atoms with E-state index in [1.807, 2.05) is 0 Å². The summed E-state index contributed by atoms with van der Waals surface area (Å²) in [4.78, 5) is 0. The average Bonchev–Trinajstić information content (AvgIpc) is 2.16. The number of hydrogen-bond acceptors (Lipinski definition) is 2. The molecule has 1 aromatic carbocycles. The number of halogens is 1. The predicted molar refractivity (Wildman–Crippen MR) is 63.9 cm³/mol. The summed E-state index contributed by atoms with van der Waals surface area (Å²) in [5.41, 5.74) is 0.580. The van der Waals surface area contributed by atoms with Crippen molar-refractivity contribution in [3.63, 3.8) is 0 Å². The molecule has 3 nitrogen and oxygen atoms in total. The van der Waals surface area contributed by atoms with Gasteiger partial charge in [-0.15, -0.1) is 0 Å². The molecule has 0 aromatic heterocycles. The first-order valence-electron chi connectivity index (χ1n) is 4.59. The first kappa shape index (κ1) is 12.3. The summed E-state index contributed by atoms with van der Waals surface area (Å²) in [5, 5.41) is 0.0831. The van der Waals surface area contributed by atoms with Crippen molar-refractivity contribution in [1.82, 2.24) is 0 Å². The van der Waals surface area contributed by atoms with Gasteiger partial charge in [0.1, 0.15) is 0 Å². The van der Waals surface area contributed by atoms with Crippen LogP contribution in [-0.2, 0) is 10.0 Å². The van der Waals surface area contributed by atoms with Crippen molar-refractivity contribution in [2.75, 3.05) is 11.4 Å². The van der Waals surface area contributed by atoms with Crippen LogP contribution in [0.4, 0.5) is 5.69 Å². The third kappa shape index (κ3) is 2.63. The summed E-state index contributed by atoms with van der Waals surface area (Å²) < 4.78 is 24.9. The highest BCUT2D eigenvalue weighted by molar-refractivity contribution is 7.93. The monoisotopic (exact) mass is 247 g/mol. The van der Waals surface area contributed by atoms with Crippen LogP contribution < -0.4 is 4.31 Å². The lowest BCUT2D eigenvalue weighted by Crippen LogP contribution is -2.32. The standard InChI is InChI=1S/C10H14ClNO2S/c1-8(2)15(13,14)12(3)10-6-4-5-9(11)7-10/h4-8H,1-3H3. The Morgan fingerprint density at radius 1 is 1.33 bits per heavy atom. The first-order valence-corrected chi connectivity index (χ1v) is 6.47. The minimum atomic E-state index is -3.27. The molecule has 84 valence electrons. The zero-order valence-corrected chi connectivity index (χ0v) is 10.5. The van der Waals surface area contributed by atoms with Crippen molar-refractivity contribution >= 4 is 27.3 Å². The van der Waals surface area contributed by atoms with Gasteiger partial charge in [0.2, 0.25) is 10.0 Å². The van der Waals surface area contributed by atoms with Crippen LogP contribution in [0, 0.1) is 0 Å². The van der Waals surface area contributed by atoms with Gasteiger partial charge < -0.3 is 0 Å². The molecule has 0 amide bonds. The van der Waals surface area contributed by atoms with Crippen LogP contribution in [-0.4, -0.2) is 20.7 Å². The molecule has 15 heavy (non-hydrogen) atoms. The predicted octanol–water partition coefficient (Wildman–Crippen LogP) is 2.51. The van der Waals surface area contributed by atoms with Gasteiger partial charge in [0.05, 0.1) is 10.9 Å². The Morgan fingerprint density at radius 2 is 1.93 bits per heavy atom. The van der Waals surface area contributed by atoms with Gasteiger partial charge >= 0.3 is 0 Å². The van der Waals surface area contributed by atoms with E-state index in [0.29, 0.717) is 10.7 Å². The first-order chi connectivity index (χ1) is 6.85. The summed E-state index contributed by atoms with van der Waals surface area (Å²) in [7, 11) is -1.74. The van der Waals surface area contributed by atoms with Crippen molar-refractivity contribution in [3.8, 4) is 0 Å². The van der Waals surface area contributed by atoms with Crippen LogP contribution in [0.25, 0.3) is 0 Å². The molecule has 1 aromatic rings. The second-order valence-corrected chi connectivity index (χ2v) is 6.50. The summed E-state index contributed by atoms with van der Waals surface area (Å²) in [5.74, 6) is 0. The molecule has 0 fully saturated rings. The fraction of sp³-hybridized carbons (Fsp3) is 0.400. The lowest BCUT2D eigenvalue weighted by molar-refractivity contribution is 0.585. The molecule has 0 N–H and O–H groups in total. The molecule has 0 saturated heterocycles. The van der Waals surface area contributed by atoms with Crippen LogP contribution in [0.15, 0.2) is 24.3 Å². The molecule has 0 aliphatic carbocycles. The minimum Gasteiger partial charge on any atom is -0.273 e. The van der Waals surface area contributed by atoms with Crippen molar-refractivity contribution < 1.29 is 8.42 Å². The van der Waals surface area contributed by atoms with Gasteiger partial charge in [0.25, 0.3) is 0 Å². The smallest absolute Gasteiger partial charge is 0.237 e. The highest BCUT2D eigenvalue weighted by Crippen LogP contribution is 2.22. The Bertz CT molecular complexity index is 442. The van der Waals surface area contributed by atoms with Crippen molar-refractivity contribution in [1.29, 1.82) is 0 Å². The van der Waals surface area contributed by atoms with E-state index in [4.69, 9.17) is 11.6 Å². The maximum atomic E-state index is 11.8. The molecule has 0 saturated carbocycles. The normalized spacial score (nSPS) is 11.8.